The van der Waals surface area contributed by atoms with Crippen LogP contribution in [0.15, 0.2) is 18.2 Å². The molecule has 0 heterocycles. The molecule has 1 rings (SSSR count). The van der Waals surface area contributed by atoms with Gasteiger partial charge in [0.2, 0.25) is 0 Å². The lowest BCUT2D eigenvalue weighted by atomic mass is 10.1. The molecule has 1 N–H and O–H groups in total. The number of thioether (sulfide) groups is 1. The van der Waals surface area contributed by atoms with Crippen LogP contribution in [0.4, 0.5) is 0 Å². The highest BCUT2D eigenvalue weighted by Crippen LogP contribution is 2.29. The molecule has 0 spiro atoms. The van der Waals surface area contributed by atoms with Gasteiger partial charge in [0.25, 0.3) is 0 Å². The number of rotatable bonds is 5. The quantitative estimate of drug-likeness (QED) is 0.857. The van der Waals surface area contributed by atoms with E-state index in [2.05, 4.69) is 25.4 Å². The van der Waals surface area contributed by atoms with Crippen LogP contribution in [-0.2, 0) is 0 Å². The third kappa shape index (κ3) is 3.85. The first-order valence-electron chi connectivity index (χ1n) is 5.26. The Morgan fingerprint density at radius 3 is 2.62 bits per heavy atom. The molecule has 0 radical (unpaired) electrons. The maximum atomic E-state index is 6.16. The van der Waals surface area contributed by atoms with Crippen LogP contribution < -0.4 is 5.32 Å². The second-order valence-electron chi connectivity index (χ2n) is 3.82. The summed E-state index contributed by atoms with van der Waals surface area (Å²) in [6.45, 7) is 5.26. The van der Waals surface area contributed by atoms with Crippen molar-refractivity contribution in [1.29, 1.82) is 0 Å². The van der Waals surface area contributed by atoms with E-state index in [1.807, 2.05) is 30.0 Å². The fraction of sp³-hybridized carbons (Fsp3) is 0.500. The number of hydrogen-bond acceptors (Lipinski definition) is 2. The van der Waals surface area contributed by atoms with E-state index in [0.717, 1.165) is 12.1 Å². The van der Waals surface area contributed by atoms with E-state index in [-0.39, 0.29) is 6.04 Å². The summed E-state index contributed by atoms with van der Waals surface area (Å²) in [5.41, 5.74) is 1.06. The number of halogens is 2. The smallest absolute Gasteiger partial charge is 0.0639 e. The molecule has 0 aliphatic heterocycles. The second kappa shape index (κ2) is 6.75. The van der Waals surface area contributed by atoms with E-state index in [9.17, 15) is 0 Å². The van der Waals surface area contributed by atoms with Crippen LogP contribution in [0.5, 0.6) is 0 Å². The summed E-state index contributed by atoms with van der Waals surface area (Å²) in [6.07, 6.45) is 2.11. The van der Waals surface area contributed by atoms with Gasteiger partial charge < -0.3 is 5.32 Å². The molecule has 0 aliphatic rings. The van der Waals surface area contributed by atoms with Crippen LogP contribution in [0.3, 0.4) is 0 Å². The molecule has 1 aromatic rings. The molecule has 2 atom stereocenters. The average Bonchev–Trinajstić information content (AvgIpc) is 2.29. The lowest BCUT2D eigenvalue weighted by molar-refractivity contribution is 0.576. The second-order valence-corrected chi connectivity index (χ2v) is 5.88. The minimum absolute atomic E-state index is 0.223. The summed E-state index contributed by atoms with van der Waals surface area (Å²) in [4.78, 5) is 0. The average molecular weight is 278 g/mol. The predicted molar refractivity (Wildman–Crippen MR) is 75.9 cm³/mol. The first-order chi connectivity index (χ1) is 7.56. The standard InChI is InChI=1S/C12H17Cl2NS/c1-8(16-3)7-15-9(2)10-5-4-6-11(13)12(10)14/h4-6,8-9,15H,7H2,1-3H3. The van der Waals surface area contributed by atoms with Gasteiger partial charge in [-0.2, -0.15) is 11.8 Å². The Morgan fingerprint density at radius 2 is 2.00 bits per heavy atom. The monoisotopic (exact) mass is 277 g/mol. The van der Waals surface area contributed by atoms with Gasteiger partial charge in [0, 0.05) is 17.8 Å². The summed E-state index contributed by atoms with van der Waals surface area (Å²) in [5.74, 6) is 0. The third-order valence-corrected chi connectivity index (χ3v) is 4.37. The Bertz CT molecular complexity index is 344. The first kappa shape index (κ1) is 14.2. The summed E-state index contributed by atoms with van der Waals surface area (Å²) < 4.78 is 0. The van der Waals surface area contributed by atoms with Crippen LogP contribution in [0, 0.1) is 0 Å². The molecule has 2 unspecified atom stereocenters. The molecule has 0 saturated carbocycles. The van der Waals surface area contributed by atoms with Crippen molar-refractivity contribution in [3.63, 3.8) is 0 Å². The van der Waals surface area contributed by atoms with Crippen LogP contribution in [0.1, 0.15) is 25.5 Å². The molecule has 0 saturated heterocycles. The van der Waals surface area contributed by atoms with Gasteiger partial charge >= 0.3 is 0 Å². The Labute approximate surface area is 112 Å². The molecular weight excluding hydrogens is 261 g/mol. The van der Waals surface area contributed by atoms with Gasteiger partial charge in [0.05, 0.1) is 10.0 Å². The summed E-state index contributed by atoms with van der Waals surface area (Å²) >= 11 is 14.0. The zero-order chi connectivity index (χ0) is 12.1. The van der Waals surface area contributed by atoms with Crippen molar-refractivity contribution in [3.05, 3.63) is 33.8 Å². The molecule has 0 aromatic heterocycles. The van der Waals surface area contributed by atoms with Crippen LogP contribution in [-0.4, -0.2) is 18.1 Å². The molecule has 4 heteroatoms. The fourth-order valence-electron chi connectivity index (χ4n) is 1.39. The zero-order valence-corrected chi connectivity index (χ0v) is 12.1. The zero-order valence-electron chi connectivity index (χ0n) is 9.76. The number of benzene rings is 1. The summed E-state index contributed by atoms with van der Waals surface area (Å²) in [7, 11) is 0. The topological polar surface area (TPSA) is 12.0 Å². The minimum Gasteiger partial charge on any atom is -0.309 e. The molecule has 0 bridgehead atoms. The normalized spacial score (nSPS) is 14.8. The van der Waals surface area contributed by atoms with Gasteiger partial charge in [-0.3, -0.25) is 0 Å². The van der Waals surface area contributed by atoms with Crippen molar-refractivity contribution >= 4 is 35.0 Å². The predicted octanol–water partition coefficient (Wildman–Crippen LogP) is 4.40. The Kier molecular flexibility index (Phi) is 5.98. The largest absolute Gasteiger partial charge is 0.309 e. The van der Waals surface area contributed by atoms with Gasteiger partial charge in [-0.05, 0) is 24.8 Å². The van der Waals surface area contributed by atoms with Crippen molar-refractivity contribution < 1.29 is 0 Å². The van der Waals surface area contributed by atoms with Crippen molar-refractivity contribution in [2.75, 3.05) is 12.8 Å². The Morgan fingerprint density at radius 1 is 1.31 bits per heavy atom. The molecule has 0 fully saturated rings. The van der Waals surface area contributed by atoms with Crippen molar-refractivity contribution in [2.45, 2.75) is 25.1 Å². The van der Waals surface area contributed by atoms with Gasteiger partial charge in [-0.1, -0.05) is 42.3 Å². The van der Waals surface area contributed by atoms with E-state index in [0.29, 0.717) is 15.3 Å². The van der Waals surface area contributed by atoms with Gasteiger partial charge in [-0.25, -0.2) is 0 Å². The molecule has 16 heavy (non-hydrogen) atoms. The fourth-order valence-corrected chi connectivity index (χ4v) is 2.13. The lowest BCUT2D eigenvalue weighted by Crippen LogP contribution is -2.25. The Hall–Kier alpha value is 0.110. The summed E-state index contributed by atoms with van der Waals surface area (Å²) in [5, 5.41) is 5.32. The van der Waals surface area contributed by atoms with Gasteiger partial charge in [-0.15, -0.1) is 0 Å². The first-order valence-corrected chi connectivity index (χ1v) is 7.30. The van der Waals surface area contributed by atoms with Crippen molar-refractivity contribution in [2.24, 2.45) is 0 Å². The molecule has 0 aliphatic carbocycles. The van der Waals surface area contributed by atoms with Crippen LogP contribution in [0.2, 0.25) is 10.0 Å². The van der Waals surface area contributed by atoms with Crippen molar-refractivity contribution in [1.82, 2.24) is 5.32 Å². The third-order valence-electron chi connectivity index (χ3n) is 2.56. The number of hydrogen-bond donors (Lipinski definition) is 1. The van der Waals surface area contributed by atoms with Crippen molar-refractivity contribution in [3.8, 4) is 0 Å². The van der Waals surface area contributed by atoms with Gasteiger partial charge in [0.15, 0.2) is 0 Å². The highest BCUT2D eigenvalue weighted by molar-refractivity contribution is 7.99. The van der Waals surface area contributed by atoms with E-state index < -0.39 is 0 Å². The van der Waals surface area contributed by atoms with Crippen LogP contribution in [0.25, 0.3) is 0 Å². The number of nitrogens with one attached hydrogen (secondary N) is 1. The maximum Gasteiger partial charge on any atom is 0.0639 e. The van der Waals surface area contributed by atoms with E-state index in [1.54, 1.807) is 0 Å². The molecule has 0 amide bonds. The lowest BCUT2D eigenvalue weighted by Gasteiger charge is -2.18. The van der Waals surface area contributed by atoms with E-state index in [1.165, 1.54) is 0 Å². The highest BCUT2D eigenvalue weighted by atomic mass is 35.5. The van der Waals surface area contributed by atoms with E-state index in [4.69, 9.17) is 23.2 Å². The maximum absolute atomic E-state index is 6.16. The molecular formula is C12H17Cl2NS. The highest BCUT2D eigenvalue weighted by Gasteiger charge is 2.12. The minimum atomic E-state index is 0.223. The SMILES string of the molecule is CSC(C)CNC(C)c1cccc(Cl)c1Cl. The molecule has 90 valence electrons. The summed E-state index contributed by atoms with van der Waals surface area (Å²) in [6, 6.07) is 5.97. The van der Waals surface area contributed by atoms with Gasteiger partial charge in [0.1, 0.15) is 0 Å². The van der Waals surface area contributed by atoms with Crippen LogP contribution >= 0.6 is 35.0 Å². The molecule has 1 aromatic carbocycles. The Balaban J connectivity index is 2.66. The van der Waals surface area contributed by atoms with E-state index >= 15 is 0 Å². The molecule has 1 nitrogen and oxygen atoms in total.